The summed E-state index contributed by atoms with van der Waals surface area (Å²) in [7, 11) is 0. The van der Waals surface area contributed by atoms with Crippen molar-refractivity contribution in [1.29, 1.82) is 0 Å². The number of carbonyl (C=O) groups excluding carboxylic acids is 1. The number of aryl methyl sites for hydroxylation is 2. The molecule has 1 saturated heterocycles. The van der Waals surface area contributed by atoms with E-state index in [4.69, 9.17) is 0 Å². The van der Waals surface area contributed by atoms with Crippen molar-refractivity contribution in [3.05, 3.63) is 65.5 Å². The Labute approximate surface area is 158 Å². The summed E-state index contributed by atoms with van der Waals surface area (Å²) in [5.41, 5.74) is 2.99. The Hall–Kier alpha value is -3.22. The van der Waals surface area contributed by atoms with Gasteiger partial charge in [-0.15, -0.1) is 10.2 Å². The van der Waals surface area contributed by atoms with Gasteiger partial charge in [-0.2, -0.15) is 5.10 Å². The lowest BCUT2D eigenvalue weighted by Crippen LogP contribution is -2.49. The number of amides is 1. The van der Waals surface area contributed by atoms with E-state index < -0.39 is 0 Å². The number of aromatic nitrogens is 4. The molecule has 0 bridgehead atoms. The molecule has 7 nitrogen and oxygen atoms in total. The lowest BCUT2D eigenvalue weighted by molar-refractivity contribution is 0.0745. The third kappa shape index (κ3) is 3.53. The number of piperazine rings is 1. The Balaban J connectivity index is 1.40. The van der Waals surface area contributed by atoms with Crippen LogP contribution in [-0.2, 0) is 0 Å². The van der Waals surface area contributed by atoms with Crippen molar-refractivity contribution >= 4 is 11.7 Å². The van der Waals surface area contributed by atoms with Gasteiger partial charge in [-0.05, 0) is 43.7 Å². The Morgan fingerprint density at radius 3 is 2.33 bits per heavy atom. The van der Waals surface area contributed by atoms with Crippen LogP contribution in [0, 0.1) is 13.8 Å². The number of hydrogen-bond acceptors (Lipinski definition) is 5. The van der Waals surface area contributed by atoms with Crippen LogP contribution < -0.4 is 4.90 Å². The summed E-state index contributed by atoms with van der Waals surface area (Å²) >= 11 is 0. The normalized spacial score (nSPS) is 14.4. The average molecular weight is 362 g/mol. The first kappa shape index (κ1) is 17.2. The number of benzene rings is 1. The van der Waals surface area contributed by atoms with Crippen LogP contribution in [0.2, 0.25) is 0 Å². The molecule has 1 aromatic carbocycles. The standard InChI is InChI=1S/C20H22N6O/c1-15-4-5-17(16(2)14-15)20(27)25-12-10-24(11-13-25)18-6-7-19(23-22-18)26-9-3-8-21-26/h3-9,14H,10-13H2,1-2H3. The molecule has 1 aliphatic rings. The van der Waals surface area contributed by atoms with Gasteiger partial charge < -0.3 is 9.80 Å². The van der Waals surface area contributed by atoms with Gasteiger partial charge in [0.25, 0.3) is 5.91 Å². The lowest BCUT2D eigenvalue weighted by atomic mass is 10.0. The van der Waals surface area contributed by atoms with Gasteiger partial charge in [0.05, 0.1) is 0 Å². The number of carbonyl (C=O) groups is 1. The molecule has 4 rings (SSSR count). The third-order valence-electron chi connectivity index (χ3n) is 4.88. The van der Waals surface area contributed by atoms with E-state index in [1.165, 1.54) is 5.56 Å². The molecule has 0 atom stereocenters. The molecule has 27 heavy (non-hydrogen) atoms. The fraction of sp³-hybridized carbons (Fsp3) is 0.300. The van der Waals surface area contributed by atoms with Crippen LogP contribution in [0.3, 0.4) is 0 Å². The van der Waals surface area contributed by atoms with Crippen molar-refractivity contribution in [2.24, 2.45) is 0 Å². The van der Waals surface area contributed by atoms with E-state index in [0.717, 1.165) is 30.0 Å². The lowest BCUT2D eigenvalue weighted by Gasteiger charge is -2.35. The molecular weight excluding hydrogens is 340 g/mol. The molecule has 0 aliphatic carbocycles. The minimum Gasteiger partial charge on any atom is -0.352 e. The van der Waals surface area contributed by atoms with Crippen molar-refractivity contribution < 1.29 is 4.79 Å². The Morgan fingerprint density at radius 1 is 0.963 bits per heavy atom. The van der Waals surface area contributed by atoms with E-state index in [2.05, 4.69) is 26.3 Å². The van der Waals surface area contributed by atoms with Gasteiger partial charge in [-0.1, -0.05) is 17.7 Å². The molecule has 0 N–H and O–H groups in total. The Kier molecular flexibility index (Phi) is 4.58. The van der Waals surface area contributed by atoms with Crippen LogP contribution >= 0.6 is 0 Å². The summed E-state index contributed by atoms with van der Waals surface area (Å²) in [4.78, 5) is 16.9. The first-order valence-electron chi connectivity index (χ1n) is 9.07. The summed E-state index contributed by atoms with van der Waals surface area (Å²) in [6.45, 7) is 6.87. The van der Waals surface area contributed by atoms with Crippen LogP contribution in [0.5, 0.6) is 0 Å². The van der Waals surface area contributed by atoms with Crippen LogP contribution in [0.4, 0.5) is 5.82 Å². The molecule has 3 heterocycles. The fourth-order valence-electron chi connectivity index (χ4n) is 3.38. The second-order valence-corrected chi connectivity index (χ2v) is 6.80. The second-order valence-electron chi connectivity index (χ2n) is 6.80. The summed E-state index contributed by atoms with van der Waals surface area (Å²) in [5, 5.41) is 12.7. The highest BCUT2D eigenvalue weighted by Gasteiger charge is 2.24. The molecule has 1 aliphatic heterocycles. The predicted octanol–water partition coefficient (Wildman–Crippen LogP) is 2.24. The van der Waals surface area contributed by atoms with Gasteiger partial charge in [-0.25, -0.2) is 4.68 Å². The third-order valence-corrected chi connectivity index (χ3v) is 4.88. The van der Waals surface area contributed by atoms with E-state index in [9.17, 15) is 4.79 Å². The number of rotatable bonds is 3. The first-order chi connectivity index (χ1) is 13.1. The SMILES string of the molecule is Cc1ccc(C(=O)N2CCN(c3ccc(-n4cccn4)nn3)CC2)c(C)c1. The molecule has 138 valence electrons. The summed E-state index contributed by atoms with van der Waals surface area (Å²) in [6.07, 6.45) is 3.54. The van der Waals surface area contributed by atoms with Crippen LogP contribution in [-0.4, -0.2) is 57.0 Å². The number of anilines is 1. The van der Waals surface area contributed by atoms with Gasteiger partial charge in [-0.3, -0.25) is 4.79 Å². The Bertz CT molecular complexity index is 928. The summed E-state index contributed by atoms with van der Waals surface area (Å²) in [6, 6.07) is 11.7. The second kappa shape index (κ2) is 7.19. The predicted molar refractivity (Wildman–Crippen MR) is 103 cm³/mol. The zero-order valence-corrected chi connectivity index (χ0v) is 15.5. The molecule has 0 saturated carbocycles. The van der Waals surface area contributed by atoms with Gasteiger partial charge in [0, 0.05) is 44.1 Å². The molecule has 1 fully saturated rings. The van der Waals surface area contributed by atoms with Gasteiger partial charge >= 0.3 is 0 Å². The number of nitrogens with zero attached hydrogens (tertiary/aromatic N) is 6. The summed E-state index contributed by atoms with van der Waals surface area (Å²) in [5.74, 6) is 1.61. The maximum atomic E-state index is 12.8. The number of hydrogen-bond donors (Lipinski definition) is 0. The maximum absolute atomic E-state index is 12.8. The van der Waals surface area contributed by atoms with E-state index >= 15 is 0 Å². The zero-order chi connectivity index (χ0) is 18.8. The van der Waals surface area contributed by atoms with Crippen molar-refractivity contribution in [2.45, 2.75) is 13.8 Å². The molecule has 3 aromatic rings. The van der Waals surface area contributed by atoms with Crippen LogP contribution in [0.1, 0.15) is 21.5 Å². The van der Waals surface area contributed by atoms with E-state index in [1.54, 1.807) is 10.9 Å². The molecule has 1 amide bonds. The average Bonchev–Trinajstić information content (AvgIpc) is 3.23. The molecule has 0 radical (unpaired) electrons. The van der Waals surface area contributed by atoms with E-state index in [-0.39, 0.29) is 5.91 Å². The Morgan fingerprint density at radius 2 is 1.70 bits per heavy atom. The summed E-state index contributed by atoms with van der Waals surface area (Å²) < 4.78 is 1.68. The van der Waals surface area contributed by atoms with Crippen molar-refractivity contribution in [1.82, 2.24) is 24.9 Å². The topological polar surface area (TPSA) is 67.2 Å². The van der Waals surface area contributed by atoms with Crippen molar-refractivity contribution in [3.63, 3.8) is 0 Å². The molecular formula is C20H22N6O. The molecule has 0 spiro atoms. The molecule has 0 unspecified atom stereocenters. The first-order valence-corrected chi connectivity index (χ1v) is 9.07. The quantitative estimate of drug-likeness (QED) is 0.715. The van der Waals surface area contributed by atoms with Gasteiger partial charge in [0.2, 0.25) is 0 Å². The van der Waals surface area contributed by atoms with Crippen LogP contribution in [0.25, 0.3) is 5.82 Å². The fourth-order valence-corrected chi connectivity index (χ4v) is 3.38. The smallest absolute Gasteiger partial charge is 0.254 e. The van der Waals surface area contributed by atoms with E-state index in [1.807, 2.05) is 55.3 Å². The highest BCUT2D eigenvalue weighted by Crippen LogP contribution is 2.17. The highest BCUT2D eigenvalue weighted by molar-refractivity contribution is 5.95. The van der Waals surface area contributed by atoms with Gasteiger partial charge in [0.15, 0.2) is 11.6 Å². The van der Waals surface area contributed by atoms with Gasteiger partial charge in [0.1, 0.15) is 0 Å². The monoisotopic (exact) mass is 362 g/mol. The minimum atomic E-state index is 0.104. The maximum Gasteiger partial charge on any atom is 0.254 e. The van der Waals surface area contributed by atoms with Crippen LogP contribution in [0.15, 0.2) is 48.8 Å². The molecule has 7 heteroatoms. The highest BCUT2D eigenvalue weighted by atomic mass is 16.2. The van der Waals surface area contributed by atoms with Crippen molar-refractivity contribution in [3.8, 4) is 5.82 Å². The van der Waals surface area contributed by atoms with E-state index in [0.29, 0.717) is 18.9 Å². The zero-order valence-electron chi connectivity index (χ0n) is 15.5. The minimum absolute atomic E-state index is 0.104. The largest absolute Gasteiger partial charge is 0.352 e. The van der Waals surface area contributed by atoms with Crippen molar-refractivity contribution in [2.75, 3.05) is 31.1 Å². The molecule has 2 aromatic heterocycles.